The lowest BCUT2D eigenvalue weighted by molar-refractivity contribution is -0.384. The zero-order valence-corrected chi connectivity index (χ0v) is 17.0. The first kappa shape index (κ1) is 22.9. The Hall–Kier alpha value is -2.37. The highest BCUT2D eigenvalue weighted by atomic mass is 32.2. The number of amides is 1. The molecule has 0 bridgehead atoms. The average molecular weight is 437 g/mol. The largest absolute Gasteiger partial charge is 0.501 e. The predicted octanol–water partition coefficient (Wildman–Crippen LogP) is 3.11. The van der Waals surface area contributed by atoms with Crippen LogP contribution in [0.4, 0.5) is 24.5 Å². The van der Waals surface area contributed by atoms with Crippen LogP contribution in [-0.2, 0) is 14.6 Å². The molecule has 0 N–H and O–H groups in total. The van der Waals surface area contributed by atoms with Crippen molar-refractivity contribution < 1.29 is 31.3 Å². The van der Waals surface area contributed by atoms with Gasteiger partial charge in [0.05, 0.1) is 9.82 Å². The van der Waals surface area contributed by atoms with E-state index in [-0.39, 0.29) is 30.2 Å². The van der Waals surface area contributed by atoms with E-state index in [2.05, 4.69) is 0 Å². The fourth-order valence-electron chi connectivity index (χ4n) is 3.52. The van der Waals surface area contributed by atoms with Gasteiger partial charge in [-0.3, -0.25) is 14.9 Å². The molecule has 2 rings (SSSR count). The van der Waals surface area contributed by atoms with Gasteiger partial charge < -0.3 is 9.80 Å². The highest BCUT2D eigenvalue weighted by Gasteiger charge is 2.48. The van der Waals surface area contributed by atoms with Crippen molar-refractivity contribution in [2.24, 2.45) is 0 Å². The molecule has 12 heteroatoms. The Balaban J connectivity index is 2.56. The Morgan fingerprint density at radius 1 is 1.21 bits per heavy atom. The summed E-state index contributed by atoms with van der Waals surface area (Å²) in [5, 5.41) is 11.6. The third kappa shape index (κ3) is 4.31. The van der Waals surface area contributed by atoms with E-state index in [4.69, 9.17) is 0 Å². The number of benzene rings is 1. The standard InChI is InChI=1S/C17H22F3N3O5S/c1-4-12-10-22(13(5-2)9-21(12)11(3)24)15-7-6-14(8-16(15)23(25)26)29(27,28)17(18,19)20/h6-8,12-13H,4-5,9-10H2,1-3H3. The van der Waals surface area contributed by atoms with E-state index < -0.39 is 30.9 Å². The van der Waals surface area contributed by atoms with Gasteiger partial charge in [0.15, 0.2) is 0 Å². The Morgan fingerprint density at radius 2 is 1.79 bits per heavy atom. The van der Waals surface area contributed by atoms with Crippen molar-refractivity contribution in [3.05, 3.63) is 28.3 Å². The Labute approximate surface area is 166 Å². The first-order valence-corrected chi connectivity index (χ1v) is 10.5. The topological polar surface area (TPSA) is 101 Å². The van der Waals surface area contributed by atoms with Crippen LogP contribution in [0.3, 0.4) is 0 Å². The van der Waals surface area contributed by atoms with Crippen molar-refractivity contribution in [3.8, 4) is 0 Å². The molecule has 2 atom stereocenters. The monoisotopic (exact) mass is 437 g/mol. The molecule has 8 nitrogen and oxygen atoms in total. The maximum absolute atomic E-state index is 12.8. The van der Waals surface area contributed by atoms with E-state index in [0.29, 0.717) is 25.5 Å². The summed E-state index contributed by atoms with van der Waals surface area (Å²) >= 11 is 0. The molecule has 2 unspecified atom stereocenters. The van der Waals surface area contributed by atoms with Crippen LogP contribution in [0.25, 0.3) is 0 Å². The van der Waals surface area contributed by atoms with Gasteiger partial charge in [0.1, 0.15) is 5.69 Å². The summed E-state index contributed by atoms with van der Waals surface area (Å²) in [6.45, 7) is 5.68. The molecule has 1 saturated heterocycles. The molecular formula is C17H22F3N3O5S. The first-order valence-electron chi connectivity index (χ1n) is 8.98. The second-order valence-electron chi connectivity index (χ2n) is 6.80. The second-order valence-corrected chi connectivity index (χ2v) is 8.75. The number of alkyl halides is 3. The van der Waals surface area contributed by atoms with Gasteiger partial charge in [-0.25, -0.2) is 8.42 Å². The predicted molar refractivity (Wildman–Crippen MR) is 99.2 cm³/mol. The summed E-state index contributed by atoms with van der Waals surface area (Å²) in [5.41, 5.74) is -6.25. The lowest BCUT2D eigenvalue weighted by Gasteiger charge is -2.46. The molecule has 0 spiro atoms. The van der Waals surface area contributed by atoms with E-state index in [1.807, 2.05) is 13.8 Å². The minimum absolute atomic E-state index is 0.0321. The molecule has 1 aliphatic rings. The number of anilines is 1. The number of nitro groups is 1. The maximum atomic E-state index is 12.8. The Bertz CT molecular complexity index is 904. The number of nitrogens with zero attached hydrogens (tertiary/aromatic N) is 3. The van der Waals surface area contributed by atoms with Gasteiger partial charge in [-0.1, -0.05) is 13.8 Å². The number of piperazine rings is 1. The molecule has 1 aromatic rings. The minimum Gasteiger partial charge on any atom is -0.359 e. The fourth-order valence-corrected chi connectivity index (χ4v) is 4.30. The lowest BCUT2D eigenvalue weighted by atomic mass is 10.0. The van der Waals surface area contributed by atoms with E-state index in [1.54, 1.807) is 9.80 Å². The van der Waals surface area contributed by atoms with Gasteiger partial charge in [0, 0.05) is 38.2 Å². The van der Waals surface area contributed by atoms with E-state index in [0.717, 1.165) is 12.1 Å². The number of hydrogen-bond acceptors (Lipinski definition) is 6. The van der Waals surface area contributed by atoms with Crippen LogP contribution in [0, 0.1) is 10.1 Å². The molecule has 0 radical (unpaired) electrons. The summed E-state index contributed by atoms with van der Waals surface area (Å²) in [5.74, 6) is -0.129. The van der Waals surface area contributed by atoms with Crippen LogP contribution in [0.2, 0.25) is 0 Å². The van der Waals surface area contributed by atoms with E-state index >= 15 is 0 Å². The van der Waals surface area contributed by atoms with Crippen LogP contribution in [0.1, 0.15) is 33.6 Å². The second kappa shape index (κ2) is 8.17. The van der Waals surface area contributed by atoms with Crippen molar-refractivity contribution in [1.29, 1.82) is 0 Å². The van der Waals surface area contributed by atoms with E-state index in [1.165, 1.54) is 6.92 Å². The highest BCUT2D eigenvalue weighted by Crippen LogP contribution is 2.38. The fraction of sp³-hybridized carbons (Fsp3) is 0.588. The maximum Gasteiger partial charge on any atom is 0.501 e. The average Bonchev–Trinajstić information content (AvgIpc) is 2.65. The number of hydrogen-bond donors (Lipinski definition) is 0. The number of carbonyl (C=O) groups excluding carboxylic acids is 1. The third-order valence-corrected chi connectivity index (χ3v) is 6.60. The first-order chi connectivity index (χ1) is 13.3. The zero-order valence-electron chi connectivity index (χ0n) is 16.1. The molecule has 162 valence electrons. The quantitative estimate of drug-likeness (QED) is 0.518. The van der Waals surface area contributed by atoms with Crippen molar-refractivity contribution >= 4 is 27.1 Å². The normalized spacial score (nSPS) is 20.6. The van der Waals surface area contributed by atoms with Crippen LogP contribution >= 0.6 is 0 Å². The number of sulfone groups is 1. The smallest absolute Gasteiger partial charge is 0.359 e. The van der Waals surface area contributed by atoms with Gasteiger partial charge in [-0.05, 0) is 25.0 Å². The van der Waals surface area contributed by atoms with Crippen molar-refractivity contribution in [2.45, 2.75) is 56.1 Å². The molecule has 1 amide bonds. The summed E-state index contributed by atoms with van der Waals surface area (Å²) < 4.78 is 61.8. The Kier molecular flexibility index (Phi) is 6.45. The SMILES string of the molecule is CCC1CN(c2ccc(S(=O)(=O)C(F)(F)F)cc2[N+](=O)[O-])C(CC)CN1C(C)=O. The summed E-state index contributed by atoms with van der Waals surface area (Å²) in [6, 6.07) is 1.69. The summed E-state index contributed by atoms with van der Waals surface area (Å²) in [4.78, 5) is 24.8. The number of rotatable bonds is 5. The lowest BCUT2D eigenvalue weighted by Crippen LogP contribution is -2.59. The van der Waals surface area contributed by atoms with Gasteiger partial charge >= 0.3 is 5.51 Å². The van der Waals surface area contributed by atoms with Crippen LogP contribution < -0.4 is 4.90 Å². The van der Waals surface area contributed by atoms with Crippen molar-refractivity contribution in [3.63, 3.8) is 0 Å². The number of halogens is 3. The Morgan fingerprint density at radius 3 is 2.24 bits per heavy atom. The number of nitro benzene ring substituents is 1. The zero-order chi connectivity index (χ0) is 22.1. The summed E-state index contributed by atoms with van der Waals surface area (Å²) in [6.07, 6.45) is 1.11. The van der Waals surface area contributed by atoms with Crippen molar-refractivity contribution in [1.82, 2.24) is 4.90 Å². The molecule has 0 aliphatic carbocycles. The summed E-state index contributed by atoms with van der Waals surface area (Å²) in [7, 11) is -5.71. The van der Waals surface area contributed by atoms with Crippen LogP contribution in [-0.4, -0.2) is 54.8 Å². The van der Waals surface area contributed by atoms with Crippen molar-refractivity contribution in [2.75, 3.05) is 18.0 Å². The van der Waals surface area contributed by atoms with Gasteiger partial charge in [-0.2, -0.15) is 13.2 Å². The molecule has 29 heavy (non-hydrogen) atoms. The molecule has 1 heterocycles. The van der Waals surface area contributed by atoms with E-state index in [9.17, 15) is 36.5 Å². The third-order valence-electron chi connectivity index (χ3n) is 5.11. The number of carbonyl (C=O) groups is 1. The molecule has 0 saturated carbocycles. The molecule has 0 aromatic heterocycles. The molecule has 1 aromatic carbocycles. The molecular weight excluding hydrogens is 415 g/mol. The van der Waals surface area contributed by atoms with Gasteiger partial charge in [-0.15, -0.1) is 0 Å². The van der Waals surface area contributed by atoms with Gasteiger partial charge in [0.25, 0.3) is 15.5 Å². The highest BCUT2D eigenvalue weighted by molar-refractivity contribution is 7.92. The van der Waals surface area contributed by atoms with Gasteiger partial charge in [0.2, 0.25) is 5.91 Å². The van der Waals surface area contributed by atoms with Crippen LogP contribution in [0.5, 0.6) is 0 Å². The molecule has 1 aliphatic heterocycles. The van der Waals surface area contributed by atoms with Crippen LogP contribution in [0.15, 0.2) is 23.1 Å². The minimum atomic E-state index is -5.71. The molecule has 1 fully saturated rings.